The first kappa shape index (κ1) is 45.5. The van der Waals surface area contributed by atoms with Gasteiger partial charge in [-0.25, -0.2) is 0 Å². The summed E-state index contributed by atoms with van der Waals surface area (Å²) < 4.78 is 33.7. The third-order valence-electron chi connectivity index (χ3n) is 7.69. The lowest BCUT2D eigenvalue weighted by Crippen LogP contribution is -2.37. The van der Waals surface area contributed by atoms with Crippen molar-refractivity contribution < 1.29 is 42.1 Å². The Morgan fingerprint density at radius 2 is 1.11 bits per heavy atom. The zero-order valence-electron chi connectivity index (χ0n) is 30.7. The van der Waals surface area contributed by atoms with E-state index < -0.39 is 32.5 Å². The Balaban J connectivity index is 4.49. The molecular weight excluding hydrogens is 617 g/mol. The number of nitrogens with zero attached hydrogens (tertiary/aromatic N) is 1. The second-order valence-electron chi connectivity index (χ2n) is 13.6. The standard InChI is InChI=1S/C37H70NO8P/c1-6-8-10-12-14-16-18-20-22-24-26-28-30-37(40)46-35(34-45-47(41,42)44-32-31-38(3,4)5)33-43-36(39)29-27-25-23-21-19-17-15-13-11-9-7-2/h13-16,35H,6-12,17-34H2,1-5H3/b15-13-,16-14-. The SMILES string of the molecule is CCCC/C=C\CCCCCCCC(=O)OCC(COP(=O)([O-])OCC[N+](C)(C)C)OC(=O)CCCCCCC/C=C\CCCCC. The van der Waals surface area contributed by atoms with Crippen LogP contribution in [0.2, 0.25) is 0 Å². The van der Waals surface area contributed by atoms with Gasteiger partial charge in [0.2, 0.25) is 0 Å². The van der Waals surface area contributed by atoms with E-state index in [0.717, 1.165) is 83.5 Å². The molecule has 0 aliphatic carbocycles. The Kier molecular flexibility index (Phi) is 29.6. The Morgan fingerprint density at radius 1 is 0.638 bits per heavy atom. The zero-order valence-corrected chi connectivity index (χ0v) is 31.6. The molecule has 0 N–H and O–H groups in total. The van der Waals surface area contributed by atoms with E-state index in [1.165, 1.54) is 32.1 Å². The fraction of sp³-hybridized carbons (Fsp3) is 0.838. The number of phosphoric ester groups is 1. The van der Waals surface area contributed by atoms with E-state index in [1.807, 2.05) is 21.1 Å². The first-order valence-corrected chi connectivity index (χ1v) is 20.0. The molecular formula is C37H70NO8P. The smallest absolute Gasteiger partial charge is 0.306 e. The normalized spacial score (nSPS) is 14.1. The van der Waals surface area contributed by atoms with Crippen LogP contribution in [0.15, 0.2) is 24.3 Å². The fourth-order valence-corrected chi connectivity index (χ4v) is 5.42. The van der Waals surface area contributed by atoms with E-state index in [-0.39, 0.29) is 26.1 Å². The molecule has 0 spiro atoms. The van der Waals surface area contributed by atoms with Gasteiger partial charge < -0.3 is 27.9 Å². The number of rotatable bonds is 33. The Bertz CT molecular complexity index is 871. The number of allylic oxidation sites excluding steroid dienone is 4. The number of unbranched alkanes of at least 4 members (excludes halogenated alkanes) is 15. The molecule has 2 unspecified atom stereocenters. The number of quaternary nitrogens is 1. The Hall–Kier alpha value is -1.51. The molecule has 2 atom stereocenters. The van der Waals surface area contributed by atoms with Crippen LogP contribution in [0.1, 0.15) is 149 Å². The first-order valence-electron chi connectivity index (χ1n) is 18.5. The average molecular weight is 688 g/mol. The molecule has 0 aliphatic rings. The van der Waals surface area contributed by atoms with Crippen molar-refractivity contribution in [3.8, 4) is 0 Å². The van der Waals surface area contributed by atoms with Crippen LogP contribution in [0.5, 0.6) is 0 Å². The molecule has 0 heterocycles. The molecule has 0 bridgehead atoms. The molecule has 0 amide bonds. The van der Waals surface area contributed by atoms with Gasteiger partial charge in [-0.3, -0.25) is 14.2 Å². The van der Waals surface area contributed by atoms with Crippen molar-refractivity contribution in [2.45, 2.75) is 155 Å². The molecule has 0 aliphatic heterocycles. The van der Waals surface area contributed by atoms with E-state index in [9.17, 15) is 19.0 Å². The number of carbonyl (C=O) groups is 2. The fourth-order valence-electron chi connectivity index (χ4n) is 4.69. The minimum absolute atomic E-state index is 0.0331. The summed E-state index contributed by atoms with van der Waals surface area (Å²) in [5.41, 5.74) is 0. The Labute approximate surface area is 288 Å². The van der Waals surface area contributed by atoms with Crippen LogP contribution in [-0.2, 0) is 32.7 Å². The maximum Gasteiger partial charge on any atom is 0.306 e. The lowest BCUT2D eigenvalue weighted by Gasteiger charge is -2.28. The van der Waals surface area contributed by atoms with E-state index >= 15 is 0 Å². The van der Waals surface area contributed by atoms with E-state index in [2.05, 4.69) is 38.2 Å². The van der Waals surface area contributed by atoms with Gasteiger partial charge in [-0.15, -0.1) is 0 Å². The number of likely N-dealkylation sites (N-methyl/N-ethyl adjacent to an activating group) is 1. The van der Waals surface area contributed by atoms with Gasteiger partial charge >= 0.3 is 11.9 Å². The minimum atomic E-state index is -4.61. The van der Waals surface area contributed by atoms with Crippen LogP contribution in [0.3, 0.4) is 0 Å². The number of phosphoric acid groups is 1. The topological polar surface area (TPSA) is 111 Å². The summed E-state index contributed by atoms with van der Waals surface area (Å²) in [6.45, 7) is 4.12. The molecule has 0 saturated heterocycles. The lowest BCUT2D eigenvalue weighted by atomic mass is 10.1. The van der Waals surface area contributed by atoms with E-state index in [0.29, 0.717) is 17.4 Å². The molecule has 47 heavy (non-hydrogen) atoms. The minimum Gasteiger partial charge on any atom is -0.756 e. The third-order valence-corrected chi connectivity index (χ3v) is 8.66. The highest BCUT2D eigenvalue weighted by Gasteiger charge is 2.21. The highest BCUT2D eigenvalue weighted by atomic mass is 31.2. The maximum atomic E-state index is 12.6. The molecule has 0 saturated carbocycles. The molecule has 10 heteroatoms. The monoisotopic (exact) mass is 687 g/mol. The highest BCUT2D eigenvalue weighted by Crippen LogP contribution is 2.38. The lowest BCUT2D eigenvalue weighted by molar-refractivity contribution is -0.870. The van der Waals surface area contributed by atoms with Gasteiger partial charge in [-0.1, -0.05) is 102 Å². The van der Waals surface area contributed by atoms with Crippen molar-refractivity contribution in [3.05, 3.63) is 24.3 Å². The summed E-state index contributed by atoms with van der Waals surface area (Å²) in [6, 6.07) is 0. The number of carbonyl (C=O) groups excluding carboxylic acids is 2. The van der Waals surface area contributed by atoms with Crippen molar-refractivity contribution in [1.82, 2.24) is 0 Å². The number of hydrogen-bond donors (Lipinski definition) is 0. The molecule has 0 rings (SSSR count). The number of esters is 2. The van der Waals surface area contributed by atoms with Gasteiger partial charge in [0, 0.05) is 12.8 Å². The summed E-state index contributed by atoms with van der Waals surface area (Å²) in [6.07, 6.45) is 29.2. The van der Waals surface area contributed by atoms with Crippen molar-refractivity contribution in [2.75, 3.05) is 47.5 Å². The Morgan fingerprint density at radius 3 is 1.64 bits per heavy atom. The van der Waals surface area contributed by atoms with Crippen molar-refractivity contribution in [1.29, 1.82) is 0 Å². The molecule has 276 valence electrons. The van der Waals surface area contributed by atoms with Crippen LogP contribution in [0.4, 0.5) is 0 Å². The van der Waals surface area contributed by atoms with Gasteiger partial charge in [-0.05, 0) is 57.8 Å². The van der Waals surface area contributed by atoms with Crippen LogP contribution in [0, 0.1) is 0 Å². The van der Waals surface area contributed by atoms with Crippen molar-refractivity contribution in [2.24, 2.45) is 0 Å². The summed E-state index contributed by atoms with van der Waals surface area (Å²) in [5, 5.41) is 0. The predicted molar refractivity (Wildman–Crippen MR) is 190 cm³/mol. The van der Waals surface area contributed by atoms with Crippen LogP contribution >= 0.6 is 7.82 Å². The van der Waals surface area contributed by atoms with E-state index in [1.54, 1.807) is 0 Å². The predicted octanol–water partition coefficient (Wildman–Crippen LogP) is 8.99. The molecule has 9 nitrogen and oxygen atoms in total. The summed E-state index contributed by atoms with van der Waals surface area (Å²) in [7, 11) is 1.15. The number of ether oxygens (including phenoxy) is 2. The van der Waals surface area contributed by atoms with Gasteiger partial charge in [0.15, 0.2) is 6.10 Å². The maximum absolute atomic E-state index is 12.6. The quantitative estimate of drug-likeness (QED) is 0.0221. The second-order valence-corrected chi connectivity index (χ2v) is 15.0. The molecule has 0 fully saturated rings. The molecule has 0 aromatic heterocycles. The second kappa shape index (κ2) is 30.5. The van der Waals surface area contributed by atoms with Crippen LogP contribution in [-0.4, -0.2) is 70.0 Å². The molecule has 0 radical (unpaired) electrons. The molecule has 0 aromatic rings. The van der Waals surface area contributed by atoms with Gasteiger partial charge in [0.1, 0.15) is 19.8 Å². The van der Waals surface area contributed by atoms with Crippen LogP contribution in [0.25, 0.3) is 0 Å². The van der Waals surface area contributed by atoms with Crippen molar-refractivity contribution in [3.63, 3.8) is 0 Å². The van der Waals surface area contributed by atoms with Gasteiger partial charge in [0.25, 0.3) is 7.82 Å². The first-order chi connectivity index (χ1) is 22.5. The average Bonchev–Trinajstić information content (AvgIpc) is 3.01. The summed E-state index contributed by atoms with van der Waals surface area (Å²) in [4.78, 5) is 37.2. The van der Waals surface area contributed by atoms with Gasteiger partial charge in [-0.2, -0.15) is 0 Å². The summed E-state index contributed by atoms with van der Waals surface area (Å²) in [5.74, 6) is -0.859. The van der Waals surface area contributed by atoms with Crippen molar-refractivity contribution >= 4 is 19.8 Å². The highest BCUT2D eigenvalue weighted by molar-refractivity contribution is 7.45. The largest absolute Gasteiger partial charge is 0.756 e. The van der Waals surface area contributed by atoms with Gasteiger partial charge in [0.05, 0.1) is 27.7 Å². The van der Waals surface area contributed by atoms with Crippen LogP contribution < -0.4 is 4.89 Å². The number of hydrogen-bond acceptors (Lipinski definition) is 8. The van der Waals surface area contributed by atoms with E-state index in [4.69, 9.17) is 18.5 Å². The molecule has 0 aromatic carbocycles. The third kappa shape index (κ3) is 34.2. The summed E-state index contributed by atoms with van der Waals surface area (Å²) >= 11 is 0. The zero-order chi connectivity index (χ0) is 35.1.